The van der Waals surface area contributed by atoms with Crippen molar-refractivity contribution >= 4 is 29.2 Å². The molecule has 0 atom stereocenters. The average Bonchev–Trinajstić information content (AvgIpc) is 3.30. The third-order valence-corrected chi connectivity index (χ3v) is 3.42. The Kier molecular flexibility index (Phi) is 5.38. The maximum absolute atomic E-state index is 12.0. The topological polar surface area (TPSA) is 83.1 Å². The van der Waals surface area contributed by atoms with E-state index in [9.17, 15) is 9.59 Å². The fourth-order valence-corrected chi connectivity index (χ4v) is 2.03. The summed E-state index contributed by atoms with van der Waals surface area (Å²) >= 11 is 5.98. The molecule has 114 valence electrons. The second-order valence-electron chi connectivity index (χ2n) is 4.90. The first-order valence-electron chi connectivity index (χ1n) is 7.07. The Balaban J connectivity index is 1.81. The van der Waals surface area contributed by atoms with Crippen molar-refractivity contribution in [3.63, 3.8) is 0 Å². The Hall–Kier alpha value is -1.82. The quantitative estimate of drug-likeness (QED) is 0.665. The third-order valence-electron chi connectivity index (χ3n) is 3.12. The standard InChI is InChI=1S/C14H19ClN4O2/c1-2-16-12-7-10(11(15)8-19-12)14(21)18-6-5-17-13(20)9-3-4-9/h7-9H,2-6H2,1H3,(H,16,19)(H,17,20)(H,18,21). The minimum absolute atomic E-state index is 0.0700. The van der Waals surface area contributed by atoms with Gasteiger partial charge in [-0.15, -0.1) is 0 Å². The van der Waals surface area contributed by atoms with Crippen molar-refractivity contribution in [2.24, 2.45) is 5.92 Å². The van der Waals surface area contributed by atoms with Crippen molar-refractivity contribution in [3.05, 3.63) is 22.8 Å². The van der Waals surface area contributed by atoms with Gasteiger partial charge in [-0.2, -0.15) is 0 Å². The summed E-state index contributed by atoms with van der Waals surface area (Å²) in [6.07, 6.45) is 3.39. The smallest absolute Gasteiger partial charge is 0.253 e. The molecule has 0 bridgehead atoms. The molecule has 7 heteroatoms. The lowest BCUT2D eigenvalue weighted by molar-refractivity contribution is -0.122. The monoisotopic (exact) mass is 310 g/mol. The lowest BCUT2D eigenvalue weighted by Crippen LogP contribution is -2.35. The lowest BCUT2D eigenvalue weighted by atomic mass is 10.2. The number of pyridine rings is 1. The van der Waals surface area contributed by atoms with Crippen LogP contribution in [0.25, 0.3) is 0 Å². The maximum Gasteiger partial charge on any atom is 0.253 e. The molecule has 2 amide bonds. The number of nitrogens with one attached hydrogen (secondary N) is 3. The van der Waals surface area contributed by atoms with Crippen molar-refractivity contribution in [2.45, 2.75) is 19.8 Å². The number of aromatic nitrogens is 1. The van der Waals surface area contributed by atoms with E-state index in [1.807, 2.05) is 6.92 Å². The first-order chi connectivity index (χ1) is 10.1. The number of halogens is 1. The van der Waals surface area contributed by atoms with E-state index in [4.69, 9.17) is 11.6 Å². The summed E-state index contributed by atoms with van der Waals surface area (Å²) in [5.41, 5.74) is 0.371. The summed E-state index contributed by atoms with van der Waals surface area (Å²) in [5.74, 6) is 0.579. The van der Waals surface area contributed by atoms with Crippen LogP contribution < -0.4 is 16.0 Å². The second kappa shape index (κ2) is 7.26. The number of hydrogen-bond acceptors (Lipinski definition) is 4. The first kappa shape index (κ1) is 15.6. The van der Waals surface area contributed by atoms with Gasteiger partial charge in [0.15, 0.2) is 0 Å². The Labute approximate surface area is 128 Å². The molecular formula is C14H19ClN4O2. The molecule has 6 nitrogen and oxygen atoms in total. The zero-order valence-corrected chi connectivity index (χ0v) is 12.7. The van der Waals surface area contributed by atoms with Gasteiger partial charge in [0, 0.05) is 31.7 Å². The van der Waals surface area contributed by atoms with Crippen LogP contribution in [-0.2, 0) is 4.79 Å². The lowest BCUT2D eigenvalue weighted by Gasteiger charge is -2.09. The summed E-state index contributed by atoms with van der Waals surface area (Å²) in [5, 5.41) is 8.84. The fourth-order valence-electron chi connectivity index (χ4n) is 1.84. The van der Waals surface area contributed by atoms with Gasteiger partial charge in [-0.1, -0.05) is 11.6 Å². The Morgan fingerprint density at radius 3 is 2.71 bits per heavy atom. The molecule has 0 spiro atoms. The van der Waals surface area contributed by atoms with Crippen molar-refractivity contribution < 1.29 is 9.59 Å². The Morgan fingerprint density at radius 2 is 2.05 bits per heavy atom. The minimum Gasteiger partial charge on any atom is -0.370 e. The number of amides is 2. The van der Waals surface area contributed by atoms with Crippen LogP contribution in [0.1, 0.15) is 30.1 Å². The molecule has 0 unspecified atom stereocenters. The third kappa shape index (κ3) is 4.60. The molecule has 1 aliphatic rings. The van der Waals surface area contributed by atoms with Crippen molar-refractivity contribution in [3.8, 4) is 0 Å². The van der Waals surface area contributed by atoms with Gasteiger partial charge in [-0.05, 0) is 25.8 Å². The van der Waals surface area contributed by atoms with Crippen LogP contribution in [0, 0.1) is 5.92 Å². The molecule has 0 aliphatic heterocycles. The molecule has 2 rings (SSSR count). The van der Waals surface area contributed by atoms with Gasteiger partial charge in [-0.3, -0.25) is 9.59 Å². The summed E-state index contributed by atoms with van der Waals surface area (Å²) in [7, 11) is 0. The Morgan fingerprint density at radius 1 is 1.33 bits per heavy atom. The predicted octanol–water partition coefficient (Wildman–Crippen LogP) is 1.42. The molecule has 1 saturated carbocycles. The van der Waals surface area contributed by atoms with Gasteiger partial charge in [0.05, 0.1) is 10.6 Å². The van der Waals surface area contributed by atoms with Gasteiger partial charge in [0.25, 0.3) is 5.91 Å². The number of hydrogen-bond donors (Lipinski definition) is 3. The highest BCUT2D eigenvalue weighted by Crippen LogP contribution is 2.28. The largest absolute Gasteiger partial charge is 0.370 e. The molecule has 0 aromatic carbocycles. The van der Waals surface area contributed by atoms with Crippen LogP contribution in [0.3, 0.4) is 0 Å². The highest BCUT2D eigenvalue weighted by atomic mass is 35.5. The average molecular weight is 311 g/mol. The van der Waals surface area contributed by atoms with E-state index in [-0.39, 0.29) is 17.7 Å². The van der Waals surface area contributed by atoms with Crippen LogP contribution >= 0.6 is 11.6 Å². The van der Waals surface area contributed by atoms with Gasteiger partial charge < -0.3 is 16.0 Å². The molecule has 1 aliphatic carbocycles. The molecule has 21 heavy (non-hydrogen) atoms. The van der Waals surface area contributed by atoms with Gasteiger partial charge in [0.2, 0.25) is 5.91 Å². The normalized spacial score (nSPS) is 13.6. The van der Waals surface area contributed by atoms with Crippen molar-refractivity contribution in [1.29, 1.82) is 0 Å². The molecule has 1 heterocycles. The van der Waals surface area contributed by atoms with Crippen LogP contribution in [-0.4, -0.2) is 36.4 Å². The maximum atomic E-state index is 12.0. The zero-order valence-electron chi connectivity index (χ0n) is 11.9. The highest BCUT2D eigenvalue weighted by Gasteiger charge is 2.29. The zero-order chi connectivity index (χ0) is 15.2. The SMILES string of the molecule is CCNc1cc(C(=O)NCCNC(=O)C2CC2)c(Cl)cn1. The minimum atomic E-state index is -0.276. The number of rotatable bonds is 7. The molecule has 1 fully saturated rings. The van der Waals surface area contributed by atoms with E-state index < -0.39 is 0 Å². The Bertz CT molecular complexity index is 532. The van der Waals surface area contributed by atoms with Gasteiger partial charge in [-0.25, -0.2) is 4.98 Å². The molecular weight excluding hydrogens is 292 g/mol. The summed E-state index contributed by atoms with van der Waals surface area (Å²) < 4.78 is 0. The fraction of sp³-hybridized carbons (Fsp3) is 0.500. The summed E-state index contributed by atoms with van der Waals surface area (Å²) in [6.45, 7) is 3.44. The number of nitrogens with zero attached hydrogens (tertiary/aromatic N) is 1. The van der Waals surface area contributed by atoms with E-state index >= 15 is 0 Å². The summed E-state index contributed by atoms with van der Waals surface area (Å²) in [6, 6.07) is 1.62. The molecule has 0 saturated heterocycles. The molecule has 1 aromatic heterocycles. The van der Waals surface area contributed by atoms with Crippen LogP contribution in [0.5, 0.6) is 0 Å². The van der Waals surface area contributed by atoms with Crippen LogP contribution in [0.2, 0.25) is 5.02 Å². The number of carbonyl (C=O) groups is 2. The number of anilines is 1. The van der Waals surface area contributed by atoms with E-state index in [0.717, 1.165) is 12.8 Å². The van der Waals surface area contributed by atoms with Crippen LogP contribution in [0.4, 0.5) is 5.82 Å². The molecule has 3 N–H and O–H groups in total. The highest BCUT2D eigenvalue weighted by molar-refractivity contribution is 6.33. The van der Waals surface area contributed by atoms with E-state index in [1.165, 1.54) is 6.20 Å². The summed E-state index contributed by atoms with van der Waals surface area (Å²) in [4.78, 5) is 27.6. The predicted molar refractivity (Wildman–Crippen MR) is 81.5 cm³/mol. The van der Waals surface area contributed by atoms with E-state index in [0.29, 0.717) is 36.0 Å². The number of carbonyl (C=O) groups excluding carboxylic acids is 2. The van der Waals surface area contributed by atoms with Crippen molar-refractivity contribution in [1.82, 2.24) is 15.6 Å². The van der Waals surface area contributed by atoms with Gasteiger partial charge in [0.1, 0.15) is 5.82 Å². The van der Waals surface area contributed by atoms with E-state index in [1.54, 1.807) is 6.07 Å². The second-order valence-corrected chi connectivity index (χ2v) is 5.31. The molecule has 1 aromatic rings. The van der Waals surface area contributed by atoms with Crippen LogP contribution in [0.15, 0.2) is 12.3 Å². The van der Waals surface area contributed by atoms with Crippen molar-refractivity contribution in [2.75, 3.05) is 25.0 Å². The molecule has 0 radical (unpaired) electrons. The van der Waals surface area contributed by atoms with E-state index in [2.05, 4.69) is 20.9 Å². The van der Waals surface area contributed by atoms with Gasteiger partial charge >= 0.3 is 0 Å². The first-order valence-corrected chi connectivity index (χ1v) is 7.45.